The Labute approximate surface area is 527 Å². The molecule has 92 heavy (non-hydrogen) atoms. The van der Waals surface area contributed by atoms with Gasteiger partial charge >= 0.3 is 0 Å². The third-order valence-electron chi connectivity index (χ3n) is 15.4. The Kier molecular flexibility index (Phi) is 16.1. The zero-order valence-electron chi connectivity index (χ0n) is 48.6. The molecular formula is C80H48O12. The molecule has 25 rings (SSSR count). The molecule has 0 saturated carbocycles. The first-order valence-corrected chi connectivity index (χ1v) is 29.1. The topological polar surface area (TPSA) is 173 Å². The third kappa shape index (κ3) is 12.8. The monoisotopic (exact) mass is 1200 g/mol. The predicted octanol–water partition coefficient (Wildman–Crippen LogP) is 17.0. The Morgan fingerprint density at radius 3 is 0.348 bits per heavy atom. The molecule has 0 amide bonds. The number of benzene rings is 12. The van der Waals surface area contributed by atoms with Crippen LogP contribution in [0.3, 0.4) is 0 Å². The summed E-state index contributed by atoms with van der Waals surface area (Å²) in [6.45, 7) is 0. The van der Waals surface area contributed by atoms with Crippen molar-refractivity contribution in [1.82, 2.24) is 0 Å². The average molecular weight is 1200 g/mol. The van der Waals surface area contributed by atoms with E-state index in [2.05, 4.69) is 0 Å². The fraction of sp³-hybridized carbons (Fsp3) is 0. The number of ether oxygens (including phenoxy) is 4. The Hall–Kier alpha value is -12.8. The molecule has 13 aliphatic heterocycles. The van der Waals surface area contributed by atoms with Crippen molar-refractivity contribution in [3.8, 4) is 46.0 Å². The van der Waals surface area contributed by atoms with Crippen molar-refractivity contribution in [2.24, 2.45) is 0 Å². The maximum atomic E-state index is 13.7. The zero-order chi connectivity index (χ0) is 63.2. The third-order valence-corrected chi connectivity index (χ3v) is 15.4. The number of carbonyl (C=O) groups is 8. The van der Waals surface area contributed by atoms with Crippen molar-refractivity contribution in [1.29, 1.82) is 0 Å². The number of ketones is 8. The van der Waals surface area contributed by atoms with Gasteiger partial charge in [-0.05, 0) is 218 Å². The SMILES string of the molecule is O=C1c2ccc(cc2)Oc2ccc(cc2)C(=O)c2cccc(c2)C(=O)c2ccc(cc2)Oc2ccc(cc2)C(=O)c2cccc(c2)C(=O)c2ccc(cc2)Oc2ccc(cc2)C(=O)c2cccc(c2)C(=O)c2ccc(cc2)Oc2ccc(cc2)C(=O)c2cccc1c2. The fourth-order valence-electron chi connectivity index (χ4n) is 10.5. The molecule has 0 atom stereocenters. The second-order valence-corrected chi connectivity index (χ2v) is 21.6. The summed E-state index contributed by atoms with van der Waals surface area (Å²) in [7, 11) is 0. The lowest BCUT2D eigenvalue weighted by Gasteiger charge is -2.10. The Morgan fingerprint density at radius 1 is 0.130 bits per heavy atom. The molecule has 0 N–H and O–H groups in total. The maximum absolute atomic E-state index is 13.7. The van der Waals surface area contributed by atoms with Crippen LogP contribution in [0.5, 0.6) is 46.0 Å². The van der Waals surface area contributed by atoms with Gasteiger partial charge in [-0.15, -0.1) is 0 Å². The maximum Gasteiger partial charge on any atom is 0.193 e. The van der Waals surface area contributed by atoms with Crippen LogP contribution in [0, 0.1) is 0 Å². The highest BCUT2D eigenvalue weighted by atomic mass is 16.5. The van der Waals surface area contributed by atoms with Gasteiger partial charge in [0.25, 0.3) is 0 Å². The van der Waals surface area contributed by atoms with Gasteiger partial charge in [0.1, 0.15) is 46.0 Å². The number of hydrogen-bond acceptors (Lipinski definition) is 12. The van der Waals surface area contributed by atoms with Gasteiger partial charge in [-0.2, -0.15) is 0 Å². The lowest BCUT2D eigenvalue weighted by atomic mass is 9.97. The second-order valence-electron chi connectivity index (χ2n) is 21.6. The van der Waals surface area contributed by atoms with Gasteiger partial charge in [0.15, 0.2) is 46.3 Å². The van der Waals surface area contributed by atoms with Crippen molar-refractivity contribution < 1.29 is 57.3 Å². The highest BCUT2D eigenvalue weighted by Gasteiger charge is 2.21. The summed E-state index contributed by atoms with van der Waals surface area (Å²) in [6, 6.07) is 78.6. The normalized spacial score (nSPS) is 12.9. The van der Waals surface area contributed by atoms with Gasteiger partial charge in [0.05, 0.1) is 0 Å². The summed E-state index contributed by atoms with van der Waals surface area (Å²) in [5.74, 6) is 1.17. The minimum Gasteiger partial charge on any atom is -0.457 e. The molecule has 0 spiro atoms. The first kappa shape index (κ1) is 58.2. The van der Waals surface area contributed by atoms with Crippen molar-refractivity contribution in [3.63, 3.8) is 0 Å². The van der Waals surface area contributed by atoms with Crippen LogP contribution >= 0.6 is 0 Å². The quantitative estimate of drug-likeness (QED) is 0.141. The molecule has 12 heteroatoms. The highest BCUT2D eigenvalue weighted by Crippen LogP contribution is 2.31. The largest absolute Gasteiger partial charge is 0.457 e. The molecule has 0 aliphatic carbocycles. The molecular weight excluding hydrogens is 1150 g/mol. The van der Waals surface area contributed by atoms with E-state index in [4.69, 9.17) is 18.9 Å². The van der Waals surface area contributed by atoms with Gasteiger partial charge in [-0.25, -0.2) is 0 Å². The van der Waals surface area contributed by atoms with E-state index < -0.39 is 0 Å². The van der Waals surface area contributed by atoms with E-state index in [1.165, 1.54) is 0 Å². The highest BCUT2D eigenvalue weighted by molar-refractivity contribution is 6.16. The van der Waals surface area contributed by atoms with E-state index in [0.29, 0.717) is 135 Å². The van der Waals surface area contributed by atoms with Crippen molar-refractivity contribution >= 4 is 46.3 Å². The standard InChI is InChI=1S/C80H48O12/c81-73-49-13-29-65(30-14-49)89-67-33-17-51(18-34-67)75(83)59-7-2-9-61(46-59)77(85)53-21-37-69(38-22-53)91-71-41-25-55(26-42-71)79(87)63-11-4-12-64(48-63)80(88)56-27-43-72(44-28-56)92-70-39-23-54(24-40-70)78(86)62-10-3-8-60(47-62)76(84)52-19-35-68(36-20-52)90-66-31-15-50(16-32-66)74(82)58-6-1-5-57(73)45-58/h1-48H. The van der Waals surface area contributed by atoms with Crippen LogP contribution in [0.15, 0.2) is 291 Å². The minimum absolute atomic E-state index is 0.298. The van der Waals surface area contributed by atoms with E-state index in [1.54, 1.807) is 291 Å². The Bertz CT molecular complexity index is 3960. The van der Waals surface area contributed by atoms with Crippen molar-refractivity contribution in [2.75, 3.05) is 0 Å². The van der Waals surface area contributed by atoms with Gasteiger partial charge in [-0.1, -0.05) is 72.8 Å². The number of rotatable bonds is 0. The van der Waals surface area contributed by atoms with E-state index >= 15 is 0 Å². The second kappa shape index (κ2) is 25.5. The van der Waals surface area contributed by atoms with E-state index in [0.717, 1.165) is 0 Å². The summed E-state index contributed by atoms with van der Waals surface area (Å²) in [5, 5.41) is 0. The lowest BCUT2D eigenvalue weighted by Crippen LogP contribution is -2.06. The average Bonchev–Trinajstić information content (AvgIpc) is 1.08. The molecule has 13 heterocycles. The predicted molar refractivity (Wildman–Crippen MR) is 345 cm³/mol. The van der Waals surface area contributed by atoms with Crippen LogP contribution in [0.1, 0.15) is 127 Å². The van der Waals surface area contributed by atoms with Gasteiger partial charge in [0.2, 0.25) is 0 Å². The van der Waals surface area contributed by atoms with Crippen LogP contribution in [0.4, 0.5) is 0 Å². The van der Waals surface area contributed by atoms with Gasteiger partial charge < -0.3 is 18.9 Å². The zero-order valence-corrected chi connectivity index (χ0v) is 48.6. The first-order chi connectivity index (χ1) is 44.8. The number of carbonyl (C=O) groups excluding carboxylic acids is 8. The van der Waals surface area contributed by atoms with Crippen molar-refractivity contribution in [3.05, 3.63) is 380 Å². The Morgan fingerprint density at radius 2 is 0.239 bits per heavy atom. The molecule has 440 valence electrons. The van der Waals surface area contributed by atoms with Crippen LogP contribution in [0.25, 0.3) is 0 Å². The Balaban J connectivity index is 0.726. The van der Waals surface area contributed by atoms with Crippen LogP contribution < -0.4 is 18.9 Å². The van der Waals surface area contributed by atoms with E-state index in [1.807, 2.05) is 0 Å². The molecule has 0 fully saturated rings. The van der Waals surface area contributed by atoms with E-state index in [-0.39, 0.29) is 46.3 Å². The lowest BCUT2D eigenvalue weighted by molar-refractivity contribution is 0.102. The molecule has 24 bridgehead atoms. The summed E-state index contributed by atoms with van der Waals surface area (Å²) in [6.07, 6.45) is 0. The smallest absolute Gasteiger partial charge is 0.193 e. The van der Waals surface area contributed by atoms with Crippen LogP contribution in [0.2, 0.25) is 0 Å². The van der Waals surface area contributed by atoms with Gasteiger partial charge in [-0.3, -0.25) is 38.4 Å². The van der Waals surface area contributed by atoms with E-state index in [9.17, 15) is 38.4 Å². The van der Waals surface area contributed by atoms with Crippen LogP contribution in [-0.2, 0) is 0 Å². The van der Waals surface area contributed by atoms with Gasteiger partial charge in [0, 0.05) is 89.0 Å². The fourth-order valence-corrected chi connectivity index (χ4v) is 10.5. The number of hydrogen-bond donors (Lipinski definition) is 0. The molecule has 0 unspecified atom stereocenters. The minimum atomic E-state index is -0.298. The summed E-state index contributed by atoms with van der Waals surface area (Å²) in [4.78, 5) is 110. The molecule has 0 saturated heterocycles. The summed E-state index contributed by atoms with van der Waals surface area (Å²) in [5.41, 5.74) is 5.53. The van der Waals surface area contributed by atoms with Crippen LogP contribution in [-0.4, -0.2) is 46.3 Å². The summed E-state index contributed by atoms with van der Waals surface area (Å²) >= 11 is 0. The molecule has 0 aromatic heterocycles. The molecule has 12 nitrogen and oxygen atoms in total. The molecule has 0 radical (unpaired) electrons. The molecule has 13 aliphatic rings. The first-order valence-electron chi connectivity index (χ1n) is 29.1. The summed E-state index contributed by atoms with van der Waals surface area (Å²) < 4.78 is 24.3. The molecule has 12 aromatic rings. The molecule has 12 aromatic carbocycles. The van der Waals surface area contributed by atoms with Crippen molar-refractivity contribution in [2.45, 2.75) is 0 Å².